The smallest absolute Gasteiger partial charge is 0.137 e. The van der Waals surface area contributed by atoms with Gasteiger partial charge in [0.25, 0.3) is 0 Å². The van der Waals surface area contributed by atoms with E-state index >= 15 is 0 Å². The monoisotopic (exact) mass is 294 g/mol. The molecule has 2 aliphatic rings. The second kappa shape index (κ2) is 6.33. The zero-order valence-corrected chi connectivity index (χ0v) is 12.8. The van der Waals surface area contributed by atoms with E-state index in [1.165, 1.54) is 24.8 Å². The van der Waals surface area contributed by atoms with Crippen LogP contribution in [-0.2, 0) is 0 Å². The van der Waals surface area contributed by atoms with Crippen LogP contribution in [0.2, 0.25) is 5.02 Å². The summed E-state index contributed by atoms with van der Waals surface area (Å²) in [6.07, 6.45) is 4.07. The van der Waals surface area contributed by atoms with Crippen LogP contribution in [0, 0.1) is 5.92 Å². The van der Waals surface area contributed by atoms with Crippen molar-refractivity contribution >= 4 is 11.6 Å². The average Bonchev–Trinajstić information content (AvgIpc) is 2.44. The highest BCUT2D eigenvalue weighted by Gasteiger charge is 2.33. The lowest BCUT2D eigenvalue weighted by molar-refractivity contribution is 0.0836. The van der Waals surface area contributed by atoms with Crippen molar-refractivity contribution < 1.29 is 4.74 Å². The molecular weight excluding hydrogens is 272 g/mol. The van der Waals surface area contributed by atoms with Crippen molar-refractivity contribution in [2.24, 2.45) is 5.92 Å². The number of methoxy groups -OCH3 is 1. The van der Waals surface area contributed by atoms with E-state index in [2.05, 4.69) is 22.3 Å². The molecule has 3 rings (SSSR count). The Balaban J connectivity index is 1.87. The summed E-state index contributed by atoms with van der Waals surface area (Å²) in [6, 6.07) is 6.81. The van der Waals surface area contributed by atoms with E-state index in [-0.39, 0.29) is 0 Å². The minimum Gasteiger partial charge on any atom is -0.495 e. The Morgan fingerprint density at radius 2 is 2.05 bits per heavy atom. The van der Waals surface area contributed by atoms with Gasteiger partial charge in [0.1, 0.15) is 5.75 Å². The van der Waals surface area contributed by atoms with E-state index in [4.69, 9.17) is 16.3 Å². The van der Waals surface area contributed by atoms with Crippen molar-refractivity contribution in [1.82, 2.24) is 10.2 Å². The van der Waals surface area contributed by atoms with Crippen LogP contribution in [-0.4, -0.2) is 38.2 Å². The third-order valence-electron chi connectivity index (χ3n) is 4.66. The minimum absolute atomic E-state index is 0.525. The van der Waals surface area contributed by atoms with E-state index in [1.807, 2.05) is 6.07 Å². The van der Waals surface area contributed by atoms with E-state index in [0.29, 0.717) is 11.1 Å². The number of ether oxygens (including phenoxy) is 1. The Hall–Kier alpha value is -0.770. The summed E-state index contributed by atoms with van der Waals surface area (Å²) in [5.41, 5.74) is 1.36. The maximum Gasteiger partial charge on any atom is 0.137 e. The molecule has 1 saturated carbocycles. The first-order chi connectivity index (χ1) is 9.79. The van der Waals surface area contributed by atoms with Gasteiger partial charge in [-0.2, -0.15) is 0 Å². The zero-order chi connectivity index (χ0) is 13.9. The molecule has 0 amide bonds. The van der Waals surface area contributed by atoms with E-state index in [9.17, 15) is 0 Å². The quantitative estimate of drug-likeness (QED) is 0.923. The highest BCUT2D eigenvalue weighted by molar-refractivity contribution is 6.32. The molecule has 0 aromatic heterocycles. The second-order valence-electron chi connectivity index (χ2n) is 5.82. The van der Waals surface area contributed by atoms with Crippen LogP contribution in [0.25, 0.3) is 0 Å². The van der Waals surface area contributed by atoms with Crippen LogP contribution in [0.3, 0.4) is 0 Å². The van der Waals surface area contributed by atoms with Crippen LogP contribution in [0.1, 0.15) is 30.9 Å². The van der Waals surface area contributed by atoms with Gasteiger partial charge in [-0.3, -0.25) is 4.90 Å². The SMILES string of the molecule is COc1cc([C@@H](C2CCC2)N2CCNCC2)ccc1Cl. The van der Waals surface area contributed by atoms with Gasteiger partial charge in [-0.1, -0.05) is 24.1 Å². The van der Waals surface area contributed by atoms with Crippen molar-refractivity contribution in [3.05, 3.63) is 28.8 Å². The summed E-state index contributed by atoms with van der Waals surface area (Å²) in [5.74, 6) is 1.59. The summed E-state index contributed by atoms with van der Waals surface area (Å²) >= 11 is 6.17. The fourth-order valence-electron chi connectivity index (χ4n) is 3.36. The van der Waals surface area contributed by atoms with Gasteiger partial charge in [0.15, 0.2) is 0 Å². The van der Waals surface area contributed by atoms with Crippen molar-refractivity contribution in [3.8, 4) is 5.75 Å². The fourth-order valence-corrected chi connectivity index (χ4v) is 3.55. The highest BCUT2D eigenvalue weighted by atomic mass is 35.5. The summed E-state index contributed by atoms with van der Waals surface area (Å²) in [6.45, 7) is 4.44. The van der Waals surface area contributed by atoms with Crippen LogP contribution in [0.15, 0.2) is 18.2 Å². The topological polar surface area (TPSA) is 24.5 Å². The Kier molecular flexibility index (Phi) is 4.49. The van der Waals surface area contributed by atoms with Gasteiger partial charge in [-0.15, -0.1) is 0 Å². The molecule has 0 unspecified atom stereocenters. The van der Waals surface area contributed by atoms with Crippen molar-refractivity contribution in [3.63, 3.8) is 0 Å². The first-order valence-electron chi connectivity index (χ1n) is 7.58. The van der Waals surface area contributed by atoms with Gasteiger partial charge in [0, 0.05) is 32.2 Å². The van der Waals surface area contributed by atoms with Gasteiger partial charge in [-0.25, -0.2) is 0 Å². The molecule has 0 bridgehead atoms. The lowest BCUT2D eigenvalue weighted by atomic mass is 9.76. The number of hydrogen-bond acceptors (Lipinski definition) is 3. The molecule has 110 valence electrons. The predicted molar refractivity (Wildman–Crippen MR) is 82.5 cm³/mol. The first kappa shape index (κ1) is 14.2. The molecule has 4 heteroatoms. The lowest BCUT2D eigenvalue weighted by Crippen LogP contribution is -2.47. The molecule has 0 spiro atoms. The summed E-state index contributed by atoms with van der Waals surface area (Å²) in [7, 11) is 1.69. The van der Waals surface area contributed by atoms with Crippen molar-refractivity contribution in [2.75, 3.05) is 33.3 Å². The molecular formula is C16H23ClN2O. The maximum absolute atomic E-state index is 6.17. The van der Waals surface area contributed by atoms with E-state index < -0.39 is 0 Å². The van der Waals surface area contributed by atoms with Crippen LogP contribution in [0.4, 0.5) is 0 Å². The average molecular weight is 295 g/mol. The number of nitrogens with one attached hydrogen (secondary N) is 1. The van der Waals surface area contributed by atoms with Crippen LogP contribution >= 0.6 is 11.6 Å². The molecule has 1 heterocycles. The number of halogens is 1. The Morgan fingerprint density at radius 1 is 1.30 bits per heavy atom. The van der Waals surface area contributed by atoms with Crippen molar-refractivity contribution in [1.29, 1.82) is 0 Å². The molecule has 0 radical (unpaired) electrons. The fraction of sp³-hybridized carbons (Fsp3) is 0.625. The number of rotatable bonds is 4. The largest absolute Gasteiger partial charge is 0.495 e. The normalized spacial score (nSPS) is 22.3. The summed E-state index contributed by atoms with van der Waals surface area (Å²) in [4.78, 5) is 2.63. The molecule has 1 aliphatic carbocycles. The number of piperazine rings is 1. The maximum atomic E-state index is 6.17. The molecule has 1 atom stereocenters. The Morgan fingerprint density at radius 3 is 2.65 bits per heavy atom. The van der Waals surface area contributed by atoms with E-state index in [1.54, 1.807) is 7.11 Å². The summed E-state index contributed by atoms with van der Waals surface area (Å²) in [5, 5.41) is 4.14. The Bertz CT molecular complexity index is 456. The molecule has 1 aromatic carbocycles. The van der Waals surface area contributed by atoms with Crippen molar-refractivity contribution in [2.45, 2.75) is 25.3 Å². The number of nitrogens with zero attached hydrogens (tertiary/aromatic N) is 1. The van der Waals surface area contributed by atoms with Gasteiger partial charge in [0.05, 0.1) is 12.1 Å². The molecule has 3 nitrogen and oxygen atoms in total. The molecule has 1 saturated heterocycles. The molecule has 20 heavy (non-hydrogen) atoms. The molecule has 1 aliphatic heterocycles. The highest BCUT2D eigenvalue weighted by Crippen LogP contribution is 2.43. The van der Waals surface area contributed by atoms with Gasteiger partial charge in [0.2, 0.25) is 0 Å². The minimum atomic E-state index is 0.525. The predicted octanol–water partition coefficient (Wildman–Crippen LogP) is 3.10. The molecule has 1 aromatic rings. The molecule has 2 fully saturated rings. The standard InChI is InChI=1S/C16H23ClN2O/c1-20-15-11-13(5-6-14(15)17)16(12-3-2-4-12)19-9-7-18-8-10-19/h5-6,11-12,16,18H,2-4,7-10H2,1H3/t16-/m1/s1. The lowest BCUT2D eigenvalue weighted by Gasteiger charge is -2.43. The number of benzene rings is 1. The zero-order valence-electron chi connectivity index (χ0n) is 12.1. The van der Waals surface area contributed by atoms with E-state index in [0.717, 1.165) is 37.8 Å². The summed E-state index contributed by atoms with van der Waals surface area (Å²) < 4.78 is 5.39. The Labute approximate surface area is 126 Å². The molecule has 1 N–H and O–H groups in total. The third kappa shape index (κ3) is 2.80. The van der Waals surface area contributed by atoms with Crippen LogP contribution < -0.4 is 10.1 Å². The second-order valence-corrected chi connectivity index (χ2v) is 6.22. The third-order valence-corrected chi connectivity index (χ3v) is 4.97. The van der Waals surface area contributed by atoms with Gasteiger partial charge >= 0.3 is 0 Å². The van der Waals surface area contributed by atoms with Gasteiger partial charge < -0.3 is 10.1 Å². The number of hydrogen-bond donors (Lipinski definition) is 1. The first-order valence-corrected chi connectivity index (χ1v) is 7.95. The van der Waals surface area contributed by atoms with Gasteiger partial charge in [-0.05, 0) is 36.5 Å². The van der Waals surface area contributed by atoms with Crippen LogP contribution in [0.5, 0.6) is 5.75 Å².